The highest BCUT2D eigenvalue weighted by molar-refractivity contribution is 8.13. The van der Waals surface area contributed by atoms with Crippen LogP contribution in [0.1, 0.15) is 35.9 Å². The molecule has 0 fully saturated rings. The molecule has 0 radical (unpaired) electrons. The minimum absolute atomic E-state index is 0.000971. The van der Waals surface area contributed by atoms with Crippen molar-refractivity contribution in [2.45, 2.75) is 24.7 Å². The molecule has 7 nitrogen and oxygen atoms in total. The lowest BCUT2D eigenvalue weighted by Gasteiger charge is -2.05. The molecule has 0 atom stereocenters. The summed E-state index contributed by atoms with van der Waals surface area (Å²) in [6, 6.07) is 0. The van der Waals surface area contributed by atoms with Crippen LogP contribution in [-0.4, -0.2) is 44.9 Å². The molecule has 1 N–H and O–H groups in total. The molecule has 1 aromatic rings. The van der Waals surface area contributed by atoms with Crippen molar-refractivity contribution in [1.29, 1.82) is 0 Å². The summed E-state index contributed by atoms with van der Waals surface area (Å²) in [6.45, 7) is 3.70. The maximum Gasteiger partial charge on any atom is 0.360 e. The Hall–Kier alpha value is -1.12. The number of esters is 1. The number of hydrogen-bond donors (Lipinski definition) is 1. The minimum Gasteiger partial charge on any atom is -0.458 e. The number of aromatic amines is 1. The number of halogens is 1. The topological polar surface area (TPSA) is 98.3 Å². The third-order valence-corrected chi connectivity index (χ3v) is 3.65. The van der Waals surface area contributed by atoms with Gasteiger partial charge in [0.25, 0.3) is 9.05 Å². The first kappa shape index (κ1) is 15.9. The highest BCUT2D eigenvalue weighted by atomic mass is 35.7. The number of aromatic nitrogens is 2. The second-order valence-corrected chi connectivity index (χ2v) is 6.54. The standard InChI is InChI=1S/C10H15ClN2O5S/c1-6(2)7-9(19(11,15)16)8(13-12-7)10(14)18-5-4-17-3/h6H,4-5H2,1-3H3,(H,12,13). The summed E-state index contributed by atoms with van der Waals surface area (Å²) in [5, 5.41) is 6.18. The number of carbonyl (C=O) groups excluding carboxylic acids is 1. The Morgan fingerprint density at radius 1 is 1.42 bits per heavy atom. The van der Waals surface area contributed by atoms with Crippen molar-refractivity contribution in [2.75, 3.05) is 20.3 Å². The Bertz CT molecular complexity index is 552. The van der Waals surface area contributed by atoms with E-state index < -0.39 is 15.0 Å². The van der Waals surface area contributed by atoms with Crippen LogP contribution in [0, 0.1) is 0 Å². The van der Waals surface area contributed by atoms with Gasteiger partial charge in [0.15, 0.2) is 5.69 Å². The molecule has 0 saturated heterocycles. The summed E-state index contributed by atoms with van der Waals surface area (Å²) in [5.74, 6) is -1.05. The molecule has 9 heteroatoms. The molecular weight excluding hydrogens is 296 g/mol. The van der Waals surface area contributed by atoms with Crippen LogP contribution in [0.4, 0.5) is 0 Å². The van der Waals surface area contributed by atoms with Crippen molar-refractivity contribution in [3.8, 4) is 0 Å². The predicted molar refractivity (Wildman–Crippen MR) is 67.9 cm³/mol. The van der Waals surface area contributed by atoms with Crippen molar-refractivity contribution in [1.82, 2.24) is 10.2 Å². The van der Waals surface area contributed by atoms with E-state index >= 15 is 0 Å². The van der Waals surface area contributed by atoms with Crippen LogP contribution in [0.2, 0.25) is 0 Å². The number of ether oxygens (including phenoxy) is 2. The fourth-order valence-corrected chi connectivity index (χ4v) is 2.78. The van der Waals surface area contributed by atoms with Crippen LogP contribution in [-0.2, 0) is 18.5 Å². The van der Waals surface area contributed by atoms with Gasteiger partial charge < -0.3 is 9.47 Å². The summed E-state index contributed by atoms with van der Waals surface area (Å²) in [5.41, 5.74) is -0.0662. The van der Waals surface area contributed by atoms with Crippen LogP contribution in [0.15, 0.2) is 4.90 Å². The Morgan fingerprint density at radius 2 is 2.05 bits per heavy atom. The molecule has 1 aromatic heterocycles. The van der Waals surface area contributed by atoms with Gasteiger partial charge in [-0.3, -0.25) is 5.10 Å². The van der Waals surface area contributed by atoms with Crippen LogP contribution in [0.3, 0.4) is 0 Å². The molecule has 1 heterocycles. The molecule has 19 heavy (non-hydrogen) atoms. The zero-order valence-corrected chi connectivity index (χ0v) is 12.3. The Kier molecular flexibility index (Phi) is 5.33. The molecule has 0 amide bonds. The second-order valence-electron chi connectivity index (χ2n) is 4.04. The molecule has 0 aliphatic rings. The lowest BCUT2D eigenvalue weighted by Crippen LogP contribution is -2.13. The van der Waals surface area contributed by atoms with E-state index in [2.05, 4.69) is 10.2 Å². The van der Waals surface area contributed by atoms with Gasteiger partial charge in [0, 0.05) is 17.8 Å². The van der Waals surface area contributed by atoms with E-state index in [1.165, 1.54) is 7.11 Å². The number of hydrogen-bond acceptors (Lipinski definition) is 6. The Balaban J connectivity index is 3.12. The lowest BCUT2D eigenvalue weighted by molar-refractivity contribution is 0.0377. The summed E-state index contributed by atoms with van der Waals surface area (Å²) in [7, 11) is 2.70. The van der Waals surface area contributed by atoms with Gasteiger partial charge in [-0.05, 0) is 5.92 Å². The van der Waals surface area contributed by atoms with Crippen molar-refractivity contribution < 1.29 is 22.7 Å². The third kappa shape index (κ3) is 3.92. The molecule has 108 valence electrons. The lowest BCUT2D eigenvalue weighted by atomic mass is 10.1. The number of carbonyl (C=O) groups is 1. The summed E-state index contributed by atoms with van der Waals surface area (Å²) >= 11 is 0. The van der Waals surface area contributed by atoms with Crippen molar-refractivity contribution in [3.63, 3.8) is 0 Å². The zero-order chi connectivity index (χ0) is 14.6. The van der Waals surface area contributed by atoms with Gasteiger partial charge in [-0.15, -0.1) is 0 Å². The number of methoxy groups -OCH3 is 1. The molecule has 0 aromatic carbocycles. The summed E-state index contributed by atoms with van der Waals surface area (Å²) in [6.07, 6.45) is 0. The largest absolute Gasteiger partial charge is 0.458 e. The molecule has 0 spiro atoms. The van der Waals surface area contributed by atoms with Gasteiger partial charge >= 0.3 is 5.97 Å². The highest BCUT2D eigenvalue weighted by Crippen LogP contribution is 2.28. The maximum atomic E-state index is 11.7. The van der Waals surface area contributed by atoms with E-state index in [4.69, 9.17) is 20.2 Å². The van der Waals surface area contributed by atoms with E-state index in [1.807, 2.05) is 0 Å². The van der Waals surface area contributed by atoms with Crippen molar-refractivity contribution in [2.24, 2.45) is 0 Å². The minimum atomic E-state index is -4.10. The average Bonchev–Trinajstić information content (AvgIpc) is 2.73. The Morgan fingerprint density at radius 3 is 2.53 bits per heavy atom. The zero-order valence-electron chi connectivity index (χ0n) is 10.8. The van der Waals surface area contributed by atoms with E-state index in [0.717, 1.165) is 0 Å². The van der Waals surface area contributed by atoms with E-state index in [9.17, 15) is 13.2 Å². The first-order valence-corrected chi connectivity index (χ1v) is 7.79. The summed E-state index contributed by atoms with van der Waals surface area (Å²) < 4.78 is 32.6. The smallest absolute Gasteiger partial charge is 0.360 e. The number of rotatable bonds is 6. The van der Waals surface area contributed by atoms with Crippen LogP contribution < -0.4 is 0 Å². The van der Waals surface area contributed by atoms with Gasteiger partial charge in [0.05, 0.1) is 12.3 Å². The van der Waals surface area contributed by atoms with Crippen LogP contribution >= 0.6 is 10.7 Å². The van der Waals surface area contributed by atoms with E-state index in [-0.39, 0.29) is 35.4 Å². The first-order valence-electron chi connectivity index (χ1n) is 5.48. The highest BCUT2D eigenvalue weighted by Gasteiger charge is 2.30. The van der Waals surface area contributed by atoms with Gasteiger partial charge in [0.2, 0.25) is 0 Å². The maximum absolute atomic E-state index is 11.7. The fourth-order valence-electron chi connectivity index (χ4n) is 1.41. The molecule has 0 bridgehead atoms. The Labute approximate surface area is 115 Å². The molecule has 1 rings (SSSR count). The molecule has 0 aliphatic heterocycles. The molecule has 0 unspecified atom stereocenters. The van der Waals surface area contributed by atoms with Gasteiger partial charge in [0.1, 0.15) is 11.5 Å². The summed E-state index contributed by atoms with van der Waals surface area (Å²) in [4.78, 5) is 11.4. The second kappa shape index (κ2) is 6.36. The molecular formula is C10H15ClN2O5S. The monoisotopic (exact) mass is 310 g/mol. The predicted octanol–water partition coefficient (Wildman–Crippen LogP) is 1.26. The fraction of sp³-hybridized carbons (Fsp3) is 0.600. The van der Waals surface area contributed by atoms with Gasteiger partial charge in [-0.25, -0.2) is 13.2 Å². The number of nitrogens with zero attached hydrogens (tertiary/aromatic N) is 1. The van der Waals surface area contributed by atoms with Crippen LogP contribution in [0.25, 0.3) is 0 Å². The van der Waals surface area contributed by atoms with E-state index in [0.29, 0.717) is 0 Å². The third-order valence-electron chi connectivity index (χ3n) is 2.28. The van der Waals surface area contributed by atoms with Crippen molar-refractivity contribution in [3.05, 3.63) is 11.4 Å². The van der Waals surface area contributed by atoms with Gasteiger partial charge in [-0.2, -0.15) is 5.10 Å². The first-order chi connectivity index (χ1) is 8.79. The SMILES string of the molecule is COCCOC(=O)c1n[nH]c(C(C)C)c1S(=O)(=O)Cl. The molecule has 0 saturated carbocycles. The van der Waals surface area contributed by atoms with Crippen LogP contribution in [0.5, 0.6) is 0 Å². The number of nitrogens with one attached hydrogen (secondary N) is 1. The van der Waals surface area contributed by atoms with E-state index in [1.54, 1.807) is 13.8 Å². The van der Waals surface area contributed by atoms with Gasteiger partial charge in [-0.1, -0.05) is 13.8 Å². The normalized spacial score (nSPS) is 11.8. The average molecular weight is 311 g/mol. The van der Waals surface area contributed by atoms with Crippen molar-refractivity contribution >= 4 is 25.7 Å². The number of H-pyrrole nitrogens is 1. The molecule has 0 aliphatic carbocycles. The quantitative estimate of drug-likeness (QED) is 0.482.